The molecule has 1 aromatic carbocycles. The van der Waals surface area contributed by atoms with Crippen molar-refractivity contribution in [1.82, 2.24) is 4.57 Å². The van der Waals surface area contributed by atoms with E-state index in [1.807, 2.05) is 0 Å². The van der Waals surface area contributed by atoms with Gasteiger partial charge in [-0.25, -0.2) is 0 Å². The summed E-state index contributed by atoms with van der Waals surface area (Å²) in [5, 5.41) is 1.01. The third kappa shape index (κ3) is 1.68. The van der Waals surface area contributed by atoms with Crippen molar-refractivity contribution in [3.8, 4) is 0 Å². The van der Waals surface area contributed by atoms with Crippen LogP contribution in [0.1, 0.15) is 5.56 Å². The van der Waals surface area contributed by atoms with Crippen molar-refractivity contribution in [3.05, 3.63) is 35.0 Å². The van der Waals surface area contributed by atoms with Crippen LogP contribution in [-0.2, 0) is 13.0 Å². The van der Waals surface area contributed by atoms with Gasteiger partial charge in [-0.1, -0.05) is 17.7 Å². The van der Waals surface area contributed by atoms with Gasteiger partial charge in [0.15, 0.2) is 0 Å². The molecule has 0 aliphatic heterocycles. The number of aromatic nitrogens is 1. The maximum absolute atomic E-state index is 13.6. The fourth-order valence-corrected chi connectivity index (χ4v) is 1.92. The van der Waals surface area contributed by atoms with Crippen LogP contribution in [-0.4, -0.2) is 11.1 Å². The maximum Gasteiger partial charge on any atom is 0.287 e. The van der Waals surface area contributed by atoms with Gasteiger partial charge in [0.25, 0.3) is 5.92 Å². The first kappa shape index (κ1) is 11.4. The molecule has 2 nitrogen and oxygen atoms in total. The lowest BCUT2D eigenvalue weighted by Crippen LogP contribution is -2.24. The summed E-state index contributed by atoms with van der Waals surface area (Å²) in [4.78, 5) is 0. The Bertz CT molecular complexity index is 534. The van der Waals surface area contributed by atoms with Crippen LogP contribution in [0.25, 0.3) is 10.9 Å². The van der Waals surface area contributed by atoms with E-state index in [-0.39, 0.29) is 5.56 Å². The summed E-state index contributed by atoms with van der Waals surface area (Å²) in [5.74, 6) is -3.01. The van der Waals surface area contributed by atoms with Gasteiger partial charge in [-0.05, 0) is 12.1 Å². The Labute approximate surface area is 96.6 Å². The second-order valence-electron chi connectivity index (χ2n) is 3.72. The average Bonchev–Trinajstić information content (AvgIpc) is 2.57. The summed E-state index contributed by atoms with van der Waals surface area (Å²) >= 11 is 5.82. The fraction of sp³-hybridized carbons (Fsp3) is 0.273. The number of rotatable bonds is 2. The molecule has 5 heteroatoms. The van der Waals surface area contributed by atoms with Crippen molar-refractivity contribution in [2.75, 3.05) is 6.54 Å². The zero-order chi connectivity index (χ0) is 11.9. The molecule has 0 fully saturated rings. The summed E-state index contributed by atoms with van der Waals surface area (Å²) < 4.78 is 28.7. The first-order valence-corrected chi connectivity index (χ1v) is 5.16. The van der Waals surface area contributed by atoms with Crippen molar-refractivity contribution >= 4 is 22.5 Å². The van der Waals surface area contributed by atoms with E-state index >= 15 is 0 Å². The van der Waals surface area contributed by atoms with Crippen LogP contribution in [0.3, 0.4) is 0 Å². The summed E-state index contributed by atoms with van der Waals surface area (Å²) in [7, 11) is 1.70. The van der Waals surface area contributed by atoms with Gasteiger partial charge in [-0.2, -0.15) is 8.78 Å². The Morgan fingerprint density at radius 1 is 1.44 bits per heavy atom. The molecule has 0 atom stereocenters. The largest absolute Gasteiger partial charge is 0.350 e. The molecule has 1 heterocycles. The van der Waals surface area contributed by atoms with E-state index in [0.717, 1.165) is 0 Å². The Morgan fingerprint density at radius 3 is 2.75 bits per heavy atom. The highest BCUT2D eigenvalue weighted by Gasteiger charge is 2.32. The first-order chi connectivity index (χ1) is 7.45. The Morgan fingerprint density at radius 2 is 2.12 bits per heavy atom. The normalized spacial score (nSPS) is 12.3. The number of nitrogens with two attached hydrogens (primary N) is 1. The number of aryl methyl sites for hydroxylation is 1. The van der Waals surface area contributed by atoms with E-state index in [9.17, 15) is 8.78 Å². The molecule has 0 spiro atoms. The summed E-state index contributed by atoms with van der Waals surface area (Å²) in [6, 6.07) is 4.85. The third-order valence-corrected chi connectivity index (χ3v) is 2.84. The lowest BCUT2D eigenvalue weighted by molar-refractivity contribution is 0.00738. The number of hydrogen-bond acceptors (Lipinski definition) is 1. The lowest BCUT2D eigenvalue weighted by atomic mass is 10.1. The molecule has 86 valence electrons. The highest BCUT2D eigenvalue weighted by Crippen LogP contribution is 2.34. The van der Waals surface area contributed by atoms with E-state index in [2.05, 4.69) is 0 Å². The zero-order valence-electron chi connectivity index (χ0n) is 8.67. The molecule has 0 saturated carbocycles. The second kappa shape index (κ2) is 3.71. The number of nitrogens with zero attached hydrogens (tertiary/aromatic N) is 1. The quantitative estimate of drug-likeness (QED) is 0.865. The van der Waals surface area contributed by atoms with E-state index in [4.69, 9.17) is 17.3 Å². The number of hydrogen-bond donors (Lipinski definition) is 1. The molecule has 0 radical (unpaired) electrons. The van der Waals surface area contributed by atoms with E-state index in [1.165, 1.54) is 6.20 Å². The number of alkyl halides is 2. The fourth-order valence-electron chi connectivity index (χ4n) is 1.76. The van der Waals surface area contributed by atoms with Gasteiger partial charge < -0.3 is 10.3 Å². The molecule has 1 aromatic heterocycles. The molecule has 0 amide bonds. The predicted octanol–water partition coefficient (Wildman–Crippen LogP) is 2.88. The van der Waals surface area contributed by atoms with Crippen molar-refractivity contribution in [3.63, 3.8) is 0 Å². The second-order valence-corrected chi connectivity index (χ2v) is 4.16. The lowest BCUT2D eigenvalue weighted by Gasteiger charge is -2.12. The van der Waals surface area contributed by atoms with Crippen molar-refractivity contribution in [2.24, 2.45) is 12.8 Å². The van der Waals surface area contributed by atoms with Crippen LogP contribution in [0.2, 0.25) is 5.02 Å². The van der Waals surface area contributed by atoms with E-state index < -0.39 is 12.5 Å². The van der Waals surface area contributed by atoms with Crippen LogP contribution < -0.4 is 5.73 Å². The first-order valence-electron chi connectivity index (χ1n) is 4.78. The average molecular weight is 245 g/mol. The molecule has 16 heavy (non-hydrogen) atoms. The predicted molar refractivity (Wildman–Crippen MR) is 60.9 cm³/mol. The molecule has 2 N–H and O–H groups in total. The van der Waals surface area contributed by atoms with E-state index in [1.54, 1.807) is 29.8 Å². The molecular formula is C11H11ClF2N2. The highest BCUT2D eigenvalue weighted by molar-refractivity contribution is 6.31. The smallest absolute Gasteiger partial charge is 0.287 e. The minimum atomic E-state index is -3.01. The van der Waals surface area contributed by atoms with Gasteiger partial charge in [0.1, 0.15) is 0 Å². The van der Waals surface area contributed by atoms with Gasteiger partial charge in [0.2, 0.25) is 0 Å². The van der Waals surface area contributed by atoms with Gasteiger partial charge in [0, 0.05) is 34.7 Å². The van der Waals surface area contributed by atoms with Crippen LogP contribution in [0.4, 0.5) is 8.78 Å². The molecule has 0 unspecified atom stereocenters. The van der Waals surface area contributed by atoms with Crippen molar-refractivity contribution in [2.45, 2.75) is 5.92 Å². The monoisotopic (exact) mass is 244 g/mol. The molecule has 2 rings (SSSR count). The zero-order valence-corrected chi connectivity index (χ0v) is 9.43. The summed E-state index contributed by atoms with van der Waals surface area (Å²) in [5.41, 5.74) is 5.71. The van der Waals surface area contributed by atoms with Crippen molar-refractivity contribution in [1.29, 1.82) is 0 Å². The minimum Gasteiger partial charge on any atom is -0.350 e. The van der Waals surface area contributed by atoms with Gasteiger partial charge in [-0.3, -0.25) is 0 Å². The van der Waals surface area contributed by atoms with Gasteiger partial charge in [0.05, 0.1) is 6.54 Å². The standard InChI is InChI=1S/C11H11ClF2N2/c1-16-5-9(11(13,14)6-15)8-3-2-7(12)4-10(8)16/h2-5H,6,15H2,1H3. The molecule has 0 bridgehead atoms. The van der Waals surface area contributed by atoms with Crippen LogP contribution >= 0.6 is 11.6 Å². The molecule has 0 aliphatic rings. The Kier molecular flexibility index (Phi) is 2.64. The van der Waals surface area contributed by atoms with Crippen LogP contribution in [0.15, 0.2) is 24.4 Å². The van der Waals surface area contributed by atoms with E-state index in [0.29, 0.717) is 15.9 Å². The third-order valence-electron chi connectivity index (χ3n) is 2.60. The number of benzene rings is 1. The molecular weight excluding hydrogens is 234 g/mol. The van der Waals surface area contributed by atoms with Crippen molar-refractivity contribution < 1.29 is 8.78 Å². The Hall–Kier alpha value is -1.13. The number of fused-ring (bicyclic) bond motifs is 1. The highest BCUT2D eigenvalue weighted by atomic mass is 35.5. The molecule has 0 saturated heterocycles. The van der Waals surface area contributed by atoms with Gasteiger partial charge in [-0.15, -0.1) is 0 Å². The minimum absolute atomic E-state index is 0.0517. The molecule has 0 aliphatic carbocycles. The Balaban J connectivity index is 2.73. The van der Waals surface area contributed by atoms with Gasteiger partial charge >= 0.3 is 0 Å². The summed E-state index contributed by atoms with van der Waals surface area (Å²) in [6.07, 6.45) is 1.40. The molecule has 2 aromatic rings. The number of halogens is 3. The van der Waals surface area contributed by atoms with Crippen LogP contribution in [0, 0.1) is 0 Å². The topological polar surface area (TPSA) is 30.9 Å². The SMILES string of the molecule is Cn1cc(C(F)(F)CN)c2ccc(Cl)cc21. The van der Waals surface area contributed by atoms with Crippen LogP contribution in [0.5, 0.6) is 0 Å². The summed E-state index contributed by atoms with van der Waals surface area (Å²) in [6.45, 7) is -0.700. The maximum atomic E-state index is 13.6.